The lowest BCUT2D eigenvalue weighted by Gasteiger charge is -2.34. The number of rotatable bonds is 2. The summed E-state index contributed by atoms with van der Waals surface area (Å²) in [5, 5.41) is 6.40. The molecule has 1 aromatic heterocycles. The first-order valence-corrected chi connectivity index (χ1v) is 7.41. The van der Waals surface area contributed by atoms with Crippen LogP contribution in [0.5, 0.6) is 0 Å². The van der Waals surface area contributed by atoms with Gasteiger partial charge in [0.1, 0.15) is 18.0 Å². The molecule has 24 heavy (non-hydrogen) atoms. The van der Waals surface area contributed by atoms with Crippen LogP contribution in [0.1, 0.15) is 47.1 Å². The van der Waals surface area contributed by atoms with Crippen LogP contribution in [0.15, 0.2) is 24.5 Å². The number of carbonyl (C=O) groups is 1. The minimum absolute atomic E-state index is 0.319. The molecule has 3 rings (SSSR count). The van der Waals surface area contributed by atoms with E-state index in [1.807, 2.05) is 0 Å². The van der Waals surface area contributed by atoms with Crippen LogP contribution in [0.3, 0.4) is 0 Å². The third-order valence-corrected chi connectivity index (χ3v) is 4.04. The molecule has 0 spiro atoms. The van der Waals surface area contributed by atoms with Crippen LogP contribution >= 0.6 is 0 Å². The van der Waals surface area contributed by atoms with Crippen molar-refractivity contribution in [2.75, 3.05) is 6.54 Å². The smallest absolute Gasteiger partial charge is 0.328 e. The maximum Gasteiger partial charge on any atom is 0.416 e. The number of likely N-dealkylation sites (tertiary alicyclic amines) is 1. The second-order valence-electron chi connectivity index (χ2n) is 5.57. The van der Waals surface area contributed by atoms with Gasteiger partial charge >= 0.3 is 6.18 Å². The Labute approximate surface area is 134 Å². The summed E-state index contributed by atoms with van der Waals surface area (Å²) in [6.45, 7) is 0.319. The van der Waals surface area contributed by atoms with Gasteiger partial charge in [-0.25, -0.2) is 9.37 Å². The van der Waals surface area contributed by atoms with Gasteiger partial charge in [-0.2, -0.15) is 18.3 Å². The van der Waals surface area contributed by atoms with Gasteiger partial charge in [-0.05, 0) is 37.5 Å². The second kappa shape index (κ2) is 6.21. The van der Waals surface area contributed by atoms with Crippen molar-refractivity contribution in [1.29, 1.82) is 0 Å². The van der Waals surface area contributed by atoms with E-state index in [0.717, 1.165) is 6.42 Å². The maximum absolute atomic E-state index is 14.0. The lowest BCUT2D eigenvalue weighted by molar-refractivity contribution is -0.137. The van der Waals surface area contributed by atoms with Gasteiger partial charge < -0.3 is 4.90 Å². The molecule has 2 heterocycles. The Morgan fingerprint density at radius 1 is 1.29 bits per heavy atom. The van der Waals surface area contributed by atoms with E-state index in [9.17, 15) is 22.4 Å². The summed E-state index contributed by atoms with van der Waals surface area (Å²) in [4.78, 5) is 18.0. The predicted molar refractivity (Wildman–Crippen MR) is 75.4 cm³/mol. The molecule has 1 aromatic carbocycles. The SMILES string of the molecule is O=C(c1cc(C(F)(F)F)ccc1F)N1CCCC[C@@H]1c1ncn[nH]1. The number of nitrogens with one attached hydrogen (secondary N) is 1. The van der Waals surface area contributed by atoms with Gasteiger partial charge in [0.15, 0.2) is 0 Å². The highest BCUT2D eigenvalue weighted by Gasteiger charge is 2.35. The lowest BCUT2D eigenvalue weighted by Crippen LogP contribution is -2.39. The molecule has 0 aliphatic carbocycles. The topological polar surface area (TPSA) is 61.9 Å². The lowest BCUT2D eigenvalue weighted by atomic mass is 9.99. The van der Waals surface area contributed by atoms with Crippen LogP contribution in [0.4, 0.5) is 17.6 Å². The van der Waals surface area contributed by atoms with Crippen molar-refractivity contribution in [2.24, 2.45) is 0 Å². The molecule has 1 saturated heterocycles. The summed E-state index contributed by atoms with van der Waals surface area (Å²) in [5.41, 5.74) is -1.64. The molecule has 0 bridgehead atoms. The number of H-pyrrole nitrogens is 1. The molecule has 1 N–H and O–H groups in total. The molecule has 1 aliphatic rings. The van der Waals surface area contributed by atoms with Gasteiger partial charge in [0.25, 0.3) is 5.91 Å². The molecule has 2 aromatic rings. The molecule has 0 saturated carbocycles. The van der Waals surface area contributed by atoms with Crippen LogP contribution in [0.25, 0.3) is 0 Å². The number of carbonyl (C=O) groups excluding carboxylic acids is 1. The summed E-state index contributed by atoms with van der Waals surface area (Å²) in [6, 6.07) is 1.39. The summed E-state index contributed by atoms with van der Waals surface area (Å²) < 4.78 is 52.5. The molecule has 9 heteroatoms. The van der Waals surface area contributed by atoms with Gasteiger partial charge in [-0.3, -0.25) is 9.89 Å². The van der Waals surface area contributed by atoms with Crippen LogP contribution < -0.4 is 0 Å². The molecule has 128 valence electrons. The third kappa shape index (κ3) is 3.10. The Morgan fingerprint density at radius 3 is 2.75 bits per heavy atom. The van der Waals surface area contributed by atoms with Crippen LogP contribution in [0.2, 0.25) is 0 Å². The fourth-order valence-corrected chi connectivity index (χ4v) is 2.85. The quantitative estimate of drug-likeness (QED) is 0.852. The standard InChI is InChI=1S/C15H14F4N4O/c16-11-5-4-9(15(17,18)19)7-10(11)14(24)23-6-2-1-3-12(23)13-20-8-21-22-13/h4-5,7-8,12H,1-3,6H2,(H,20,21,22)/t12-/m1/s1. The summed E-state index contributed by atoms with van der Waals surface area (Å²) in [5.74, 6) is -1.31. The van der Waals surface area contributed by atoms with Gasteiger partial charge in [0, 0.05) is 6.54 Å². The third-order valence-electron chi connectivity index (χ3n) is 4.04. The largest absolute Gasteiger partial charge is 0.416 e. The number of hydrogen-bond donors (Lipinski definition) is 1. The summed E-state index contributed by atoms with van der Waals surface area (Å²) in [6.07, 6.45) is -1.24. The number of piperidine rings is 1. The first-order valence-electron chi connectivity index (χ1n) is 7.41. The van der Waals surface area contributed by atoms with Crippen molar-refractivity contribution in [3.63, 3.8) is 0 Å². The Bertz CT molecular complexity index is 730. The Kier molecular flexibility index (Phi) is 4.25. The number of aromatic nitrogens is 3. The number of amides is 1. The van der Waals surface area contributed by atoms with Crippen molar-refractivity contribution in [1.82, 2.24) is 20.1 Å². The first-order chi connectivity index (χ1) is 11.4. The normalized spacial score (nSPS) is 18.7. The van der Waals surface area contributed by atoms with E-state index < -0.39 is 35.1 Å². The fraction of sp³-hybridized carbons (Fsp3) is 0.400. The fourth-order valence-electron chi connectivity index (χ4n) is 2.85. The molecule has 1 fully saturated rings. The number of aromatic amines is 1. The van der Waals surface area contributed by atoms with Crippen molar-refractivity contribution in [3.05, 3.63) is 47.3 Å². The van der Waals surface area contributed by atoms with Crippen molar-refractivity contribution < 1.29 is 22.4 Å². The number of hydrogen-bond acceptors (Lipinski definition) is 3. The highest BCUT2D eigenvalue weighted by Crippen LogP contribution is 2.33. The van der Waals surface area contributed by atoms with Gasteiger partial charge in [0.2, 0.25) is 0 Å². The average molecular weight is 342 g/mol. The molecular weight excluding hydrogens is 328 g/mol. The van der Waals surface area contributed by atoms with Gasteiger partial charge in [0.05, 0.1) is 17.2 Å². The van der Waals surface area contributed by atoms with Crippen molar-refractivity contribution >= 4 is 5.91 Å². The Balaban J connectivity index is 1.95. The number of nitrogens with zero attached hydrogens (tertiary/aromatic N) is 3. The highest BCUT2D eigenvalue weighted by atomic mass is 19.4. The molecule has 0 radical (unpaired) electrons. The van der Waals surface area contributed by atoms with E-state index >= 15 is 0 Å². The van der Waals surface area contributed by atoms with Crippen LogP contribution in [-0.2, 0) is 6.18 Å². The maximum atomic E-state index is 14.0. The van der Waals surface area contributed by atoms with Gasteiger partial charge in [-0.1, -0.05) is 0 Å². The van der Waals surface area contributed by atoms with E-state index in [2.05, 4.69) is 15.2 Å². The first kappa shape index (κ1) is 16.4. The van der Waals surface area contributed by atoms with E-state index in [4.69, 9.17) is 0 Å². The summed E-state index contributed by atoms with van der Waals surface area (Å²) in [7, 11) is 0. The minimum Gasteiger partial charge on any atom is -0.328 e. The minimum atomic E-state index is -4.64. The molecule has 1 atom stereocenters. The van der Waals surface area contributed by atoms with Crippen LogP contribution in [0, 0.1) is 5.82 Å². The van der Waals surface area contributed by atoms with E-state index in [1.54, 1.807) is 0 Å². The molecule has 5 nitrogen and oxygen atoms in total. The average Bonchev–Trinajstić information content (AvgIpc) is 3.08. The Morgan fingerprint density at radius 2 is 2.08 bits per heavy atom. The van der Waals surface area contributed by atoms with E-state index in [1.165, 1.54) is 11.2 Å². The van der Waals surface area contributed by atoms with Gasteiger partial charge in [-0.15, -0.1) is 0 Å². The number of halogens is 4. The molecule has 1 aliphatic heterocycles. The predicted octanol–water partition coefficient (Wildman–Crippen LogP) is 3.33. The number of alkyl halides is 3. The Hall–Kier alpha value is -2.45. The van der Waals surface area contributed by atoms with Crippen molar-refractivity contribution in [2.45, 2.75) is 31.5 Å². The van der Waals surface area contributed by atoms with Crippen molar-refractivity contribution in [3.8, 4) is 0 Å². The second-order valence-corrected chi connectivity index (χ2v) is 5.57. The molecule has 0 unspecified atom stereocenters. The number of benzene rings is 1. The highest BCUT2D eigenvalue weighted by molar-refractivity contribution is 5.95. The molecule has 1 amide bonds. The zero-order valence-electron chi connectivity index (χ0n) is 12.5. The zero-order chi connectivity index (χ0) is 17.3. The molecular formula is C15H14F4N4O. The zero-order valence-corrected chi connectivity index (χ0v) is 12.5. The van der Waals surface area contributed by atoms with Crippen LogP contribution in [-0.4, -0.2) is 32.5 Å². The summed E-state index contributed by atoms with van der Waals surface area (Å²) >= 11 is 0. The van der Waals surface area contributed by atoms with E-state index in [0.29, 0.717) is 43.4 Å². The monoisotopic (exact) mass is 342 g/mol. The van der Waals surface area contributed by atoms with E-state index in [-0.39, 0.29) is 0 Å².